The van der Waals surface area contributed by atoms with Crippen LogP contribution in [0.4, 0.5) is 0 Å². The summed E-state index contributed by atoms with van der Waals surface area (Å²) in [5.74, 6) is 0. The predicted molar refractivity (Wildman–Crippen MR) is 50.5 cm³/mol. The fraction of sp³-hybridized carbons (Fsp3) is 0. The quantitative estimate of drug-likeness (QED) is 0.514. The van der Waals surface area contributed by atoms with Crippen molar-refractivity contribution in [3.8, 4) is 0 Å². The highest BCUT2D eigenvalue weighted by molar-refractivity contribution is 5.79. The minimum atomic E-state index is 0.888. The molecule has 3 rings (SSSR count). The SMILES string of the molecule is c1ccc2nc3cncn3cc2c1. The van der Waals surface area contributed by atoms with Crippen molar-refractivity contribution in [1.82, 2.24) is 14.4 Å². The Kier molecular flexibility index (Phi) is 1.16. The molecule has 62 valence electrons. The van der Waals surface area contributed by atoms with Crippen molar-refractivity contribution in [3.05, 3.63) is 43.0 Å². The summed E-state index contributed by atoms with van der Waals surface area (Å²) in [7, 11) is 0. The third-order valence-electron chi connectivity index (χ3n) is 2.10. The molecule has 3 aromatic rings. The number of rotatable bonds is 0. The minimum absolute atomic E-state index is 0.888. The summed E-state index contributed by atoms with van der Waals surface area (Å²) in [5, 5.41) is 1.13. The Hall–Kier alpha value is -1.90. The highest BCUT2D eigenvalue weighted by Crippen LogP contribution is 2.11. The lowest BCUT2D eigenvalue weighted by Crippen LogP contribution is -1.86. The van der Waals surface area contributed by atoms with Crippen LogP contribution >= 0.6 is 0 Å². The van der Waals surface area contributed by atoms with Crippen LogP contribution in [0.15, 0.2) is 43.0 Å². The van der Waals surface area contributed by atoms with E-state index in [0.29, 0.717) is 0 Å². The molecule has 0 aliphatic rings. The van der Waals surface area contributed by atoms with Crippen molar-refractivity contribution in [2.24, 2.45) is 0 Å². The molecule has 1 aromatic carbocycles. The molecule has 3 nitrogen and oxygen atoms in total. The molecule has 0 radical (unpaired) electrons. The minimum Gasteiger partial charge on any atom is -0.290 e. The van der Waals surface area contributed by atoms with Gasteiger partial charge in [-0.2, -0.15) is 0 Å². The molecule has 0 unspecified atom stereocenters. The molecule has 3 heteroatoms. The number of para-hydroxylation sites is 1. The maximum atomic E-state index is 4.44. The Morgan fingerprint density at radius 2 is 2.08 bits per heavy atom. The largest absolute Gasteiger partial charge is 0.290 e. The van der Waals surface area contributed by atoms with Crippen LogP contribution < -0.4 is 0 Å². The van der Waals surface area contributed by atoms with E-state index in [2.05, 4.69) is 9.97 Å². The molecular weight excluding hydrogens is 162 g/mol. The van der Waals surface area contributed by atoms with Gasteiger partial charge in [-0.15, -0.1) is 0 Å². The molecular formula is C10H7N3. The predicted octanol–water partition coefficient (Wildman–Crippen LogP) is 1.88. The van der Waals surface area contributed by atoms with Crippen molar-refractivity contribution in [2.45, 2.75) is 0 Å². The Bertz CT molecular complexity index is 519. The first kappa shape index (κ1) is 6.60. The van der Waals surface area contributed by atoms with Gasteiger partial charge in [-0.1, -0.05) is 18.2 Å². The Labute approximate surface area is 74.7 Å². The van der Waals surface area contributed by atoms with E-state index in [1.807, 2.05) is 34.9 Å². The smallest absolute Gasteiger partial charge is 0.157 e. The van der Waals surface area contributed by atoms with Crippen molar-refractivity contribution >= 4 is 16.6 Å². The lowest BCUT2D eigenvalue weighted by Gasteiger charge is -1.97. The number of aromatic nitrogens is 3. The topological polar surface area (TPSA) is 30.2 Å². The first-order valence-electron chi connectivity index (χ1n) is 4.11. The second-order valence-corrected chi connectivity index (χ2v) is 2.96. The molecule has 0 N–H and O–H groups in total. The Morgan fingerprint density at radius 3 is 3.08 bits per heavy atom. The van der Waals surface area contributed by atoms with E-state index in [-0.39, 0.29) is 0 Å². The molecule has 2 aromatic heterocycles. The molecule has 0 atom stereocenters. The van der Waals surface area contributed by atoms with Gasteiger partial charge in [0, 0.05) is 11.6 Å². The van der Waals surface area contributed by atoms with Crippen LogP contribution in [0.5, 0.6) is 0 Å². The zero-order chi connectivity index (χ0) is 8.67. The normalized spacial score (nSPS) is 11.1. The number of fused-ring (bicyclic) bond motifs is 2. The third-order valence-corrected chi connectivity index (χ3v) is 2.10. The number of hydrogen-bond acceptors (Lipinski definition) is 2. The average molecular weight is 169 g/mol. The van der Waals surface area contributed by atoms with Gasteiger partial charge < -0.3 is 0 Å². The van der Waals surface area contributed by atoms with Crippen LogP contribution in [0.25, 0.3) is 16.6 Å². The van der Waals surface area contributed by atoms with Crippen LogP contribution in [-0.4, -0.2) is 14.4 Å². The standard InChI is InChI=1S/C10H7N3/c1-2-4-9-8(3-1)6-13-7-11-5-10(13)12-9/h1-7H. The fourth-order valence-corrected chi connectivity index (χ4v) is 1.46. The van der Waals surface area contributed by atoms with Gasteiger partial charge in [-0.05, 0) is 6.07 Å². The van der Waals surface area contributed by atoms with E-state index in [0.717, 1.165) is 16.6 Å². The summed E-state index contributed by atoms with van der Waals surface area (Å²) in [4.78, 5) is 8.46. The van der Waals surface area contributed by atoms with Gasteiger partial charge in [0.2, 0.25) is 0 Å². The van der Waals surface area contributed by atoms with Crippen LogP contribution in [0.3, 0.4) is 0 Å². The van der Waals surface area contributed by atoms with Gasteiger partial charge >= 0.3 is 0 Å². The summed E-state index contributed by atoms with van der Waals surface area (Å²) in [5.41, 5.74) is 1.90. The summed E-state index contributed by atoms with van der Waals surface area (Å²) in [6.45, 7) is 0. The van der Waals surface area contributed by atoms with E-state index in [1.54, 1.807) is 12.5 Å². The second kappa shape index (κ2) is 2.29. The molecule has 2 heterocycles. The van der Waals surface area contributed by atoms with Gasteiger partial charge in [-0.3, -0.25) is 4.40 Å². The van der Waals surface area contributed by atoms with Crippen LogP contribution in [-0.2, 0) is 0 Å². The van der Waals surface area contributed by atoms with E-state index >= 15 is 0 Å². The van der Waals surface area contributed by atoms with Crippen molar-refractivity contribution in [2.75, 3.05) is 0 Å². The Morgan fingerprint density at radius 1 is 1.15 bits per heavy atom. The van der Waals surface area contributed by atoms with E-state index in [9.17, 15) is 0 Å². The molecule has 0 fully saturated rings. The van der Waals surface area contributed by atoms with Crippen LogP contribution in [0.1, 0.15) is 0 Å². The number of hydrogen-bond donors (Lipinski definition) is 0. The molecule has 0 aliphatic carbocycles. The molecule has 13 heavy (non-hydrogen) atoms. The number of nitrogens with zero attached hydrogens (tertiary/aromatic N) is 3. The second-order valence-electron chi connectivity index (χ2n) is 2.96. The zero-order valence-electron chi connectivity index (χ0n) is 6.88. The highest BCUT2D eigenvalue weighted by Gasteiger charge is 1.97. The lowest BCUT2D eigenvalue weighted by atomic mass is 10.2. The monoisotopic (exact) mass is 169 g/mol. The van der Waals surface area contributed by atoms with Gasteiger partial charge in [0.1, 0.15) is 6.33 Å². The summed E-state index contributed by atoms with van der Waals surface area (Å²) < 4.78 is 1.92. The molecule has 0 aliphatic heterocycles. The van der Waals surface area contributed by atoms with Gasteiger partial charge in [0.25, 0.3) is 0 Å². The van der Waals surface area contributed by atoms with E-state index in [1.165, 1.54) is 0 Å². The van der Waals surface area contributed by atoms with E-state index in [4.69, 9.17) is 0 Å². The first-order valence-corrected chi connectivity index (χ1v) is 4.11. The summed E-state index contributed by atoms with van der Waals surface area (Å²) >= 11 is 0. The summed E-state index contributed by atoms with van der Waals surface area (Å²) in [6.07, 6.45) is 5.55. The van der Waals surface area contributed by atoms with Crippen molar-refractivity contribution in [3.63, 3.8) is 0 Å². The van der Waals surface area contributed by atoms with Crippen LogP contribution in [0.2, 0.25) is 0 Å². The zero-order valence-corrected chi connectivity index (χ0v) is 6.88. The van der Waals surface area contributed by atoms with Gasteiger partial charge in [-0.25, -0.2) is 9.97 Å². The maximum Gasteiger partial charge on any atom is 0.157 e. The van der Waals surface area contributed by atoms with Gasteiger partial charge in [0.05, 0.1) is 11.7 Å². The van der Waals surface area contributed by atoms with E-state index < -0.39 is 0 Å². The number of imidazole rings is 1. The van der Waals surface area contributed by atoms with Crippen molar-refractivity contribution in [1.29, 1.82) is 0 Å². The Balaban J connectivity index is 2.57. The first-order chi connectivity index (χ1) is 6.43. The average Bonchev–Trinajstić information content (AvgIpc) is 2.61. The summed E-state index contributed by atoms with van der Waals surface area (Å²) in [6, 6.07) is 8.04. The van der Waals surface area contributed by atoms with Gasteiger partial charge in [0.15, 0.2) is 5.65 Å². The molecule has 0 saturated carbocycles. The third kappa shape index (κ3) is 0.902. The molecule has 0 saturated heterocycles. The molecule has 0 amide bonds. The number of benzene rings is 1. The van der Waals surface area contributed by atoms with Crippen molar-refractivity contribution < 1.29 is 0 Å². The molecule has 0 bridgehead atoms. The maximum absolute atomic E-state index is 4.44. The highest BCUT2D eigenvalue weighted by atomic mass is 15.0. The van der Waals surface area contributed by atoms with Crippen LogP contribution in [0, 0.1) is 0 Å². The lowest BCUT2D eigenvalue weighted by molar-refractivity contribution is 1.14. The fourth-order valence-electron chi connectivity index (χ4n) is 1.46. The molecule has 0 spiro atoms.